The van der Waals surface area contributed by atoms with Gasteiger partial charge in [0.15, 0.2) is 17.4 Å². The van der Waals surface area contributed by atoms with Crippen molar-refractivity contribution in [2.45, 2.75) is 6.92 Å². The highest BCUT2D eigenvalue weighted by atomic mass is 19.1. The molecule has 2 aromatic rings. The van der Waals surface area contributed by atoms with Crippen LogP contribution >= 0.6 is 0 Å². The number of hydrogen-bond acceptors (Lipinski definition) is 2. The number of benzene rings is 1. The Morgan fingerprint density at radius 1 is 1.43 bits per heavy atom. The molecule has 0 bridgehead atoms. The number of Topliss-reactive ketones (excluding diaryl/α,β-unsaturated/α-hetero) is 1. The summed E-state index contributed by atoms with van der Waals surface area (Å²) in [5.41, 5.74) is 0.171. The molecule has 0 aliphatic carbocycles. The van der Waals surface area contributed by atoms with E-state index >= 15 is 0 Å². The number of nitrogens with one attached hydrogen (secondary N) is 1. The average Bonchev–Trinajstić information content (AvgIpc) is 2.47. The normalized spacial score (nSPS) is 10.8. The average molecular weight is 196 g/mol. The van der Waals surface area contributed by atoms with Crippen LogP contribution in [-0.4, -0.2) is 15.8 Å². The van der Waals surface area contributed by atoms with Crippen LogP contribution in [0.15, 0.2) is 12.1 Å². The molecule has 5 heteroatoms. The van der Waals surface area contributed by atoms with Crippen LogP contribution in [0.2, 0.25) is 0 Å². The van der Waals surface area contributed by atoms with E-state index in [1.165, 1.54) is 6.92 Å². The fraction of sp³-hybridized carbons (Fsp3) is 0.111. The van der Waals surface area contributed by atoms with Gasteiger partial charge in [-0.15, -0.1) is 0 Å². The molecule has 0 radical (unpaired) electrons. The first kappa shape index (κ1) is 8.80. The Morgan fingerprint density at radius 2 is 2.14 bits per heavy atom. The Morgan fingerprint density at radius 3 is 2.79 bits per heavy atom. The third kappa shape index (κ3) is 1.26. The molecular formula is C9H6F2N2O. The molecule has 0 saturated carbocycles. The summed E-state index contributed by atoms with van der Waals surface area (Å²) in [5.74, 6) is -1.76. The highest BCUT2D eigenvalue weighted by molar-refractivity contribution is 5.94. The highest BCUT2D eigenvalue weighted by Gasteiger charge is 2.11. The largest absolute Gasteiger partial charge is 0.335 e. The van der Waals surface area contributed by atoms with Gasteiger partial charge in [-0.25, -0.2) is 13.8 Å². The number of imidazole rings is 1. The lowest BCUT2D eigenvalue weighted by atomic mass is 10.3. The number of carbonyl (C=O) groups is 1. The number of carbonyl (C=O) groups excluding carboxylic acids is 1. The van der Waals surface area contributed by atoms with Crippen LogP contribution in [-0.2, 0) is 0 Å². The fourth-order valence-corrected chi connectivity index (χ4v) is 1.21. The molecule has 0 aliphatic rings. The predicted molar refractivity (Wildman–Crippen MR) is 46.0 cm³/mol. The van der Waals surface area contributed by atoms with Crippen molar-refractivity contribution in [3.63, 3.8) is 0 Å². The van der Waals surface area contributed by atoms with Crippen molar-refractivity contribution in [1.82, 2.24) is 9.97 Å². The molecule has 0 atom stereocenters. The van der Waals surface area contributed by atoms with Gasteiger partial charge in [0.2, 0.25) is 0 Å². The van der Waals surface area contributed by atoms with Crippen molar-refractivity contribution in [2.24, 2.45) is 0 Å². The van der Waals surface area contributed by atoms with E-state index in [9.17, 15) is 13.6 Å². The van der Waals surface area contributed by atoms with Gasteiger partial charge in [0.25, 0.3) is 0 Å². The molecule has 1 aromatic heterocycles. The first-order chi connectivity index (χ1) is 6.58. The molecule has 0 fully saturated rings. The summed E-state index contributed by atoms with van der Waals surface area (Å²) in [6.45, 7) is 1.30. The standard InChI is InChI=1S/C9H6F2N2O/c1-4(14)9-12-7-3-5(10)2-6(11)8(7)13-9/h2-3H,1H3,(H,12,13). The van der Waals surface area contributed by atoms with Crippen LogP contribution in [0.4, 0.5) is 8.78 Å². The zero-order valence-corrected chi connectivity index (χ0v) is 7.27. The summed E-state index contributed by atoms with van der Waals surface area (Å²) < 4.78 is 25.8. The molecule has 72 valence electrons. The second kappa shape index (κ2) is 2.87. The van der Waals surface area contributed by atoms with E-state index in [4.69, 9.17) is 0 Å². The predicted octanol–water partition coefficient (Wildman–Crippen LogP) is 2.04. The zero-order chi connectivity index (χ0) is 10.3. The molecule has 0 saturated heterocycles. The molecule has 1 aromatic carbocycles. The third-order valence-corrected chi connectivity index (χ3v) is 1.84. The van der Waals surface area contributed by atoms with E-state index in [-0.39, 0.29) is 22.6 Å². The number of rotatable bonds is 1. The van der Waals surface area contributed by atoms with Crippen molar-refractivity contribution >= 4 is 16.8 Å². The Bertz CT molecular complexity index is 519. The summed E-state index contributed by atoms with van der Waals surface area (Å²) >= 11 is 0. The SMILES string of the molecule is CC(=O)c1nc2c(F)cc(F)cc2[nH]1. The van der Waals surface area contributed by atoms with E-state index in [1.54, 1.807) is 0 Å². The smallest absolute Gasteiger partial charge is 0.195 e. The molecule has 0 spiro atoms. The molecule has 1 N–H and O–H groups in total. The van der Waals surface area contributed by atoms with Gasteiger partial charge >= 0.3 is 0 Å². The maximum absolute atomic E-state index is 13.1. The number of H-pyrrole nitrogens is 1. The lowest BCUT2D eigenvalue weighted by molar-refractivity contribution is 0.100. The van der Waals surface area contributed by atoms with Crippen LogP contribution in [0.25, 0.3) is 11.0 Å². The van der Waals surface area contributed by atoms with Crippen molar-refractivity contribution < 1.29 is 13.6 Å². The van der Waals surface area contributed by atoms with E-state index in [0.29, 0.717) is 0 Å². The van der Waals surface area contributed by atoms with Crippen LogP contribution in [0.3, 0.4) is 0 Å². The second-order valence-electron chi connectivity index (χ2n) is 2.93. The molecule has 0 aliphatic heterocycles. The Labute approximate surface area is 77.8 Å². The highest BCUT2D eigenvalue weighted by Crippen LogP contribution is 2.17. The van der Waals surface area contributed by atoms with Crippen LogP contribution in [0.5, 0.6) is 0 Å². The molecule has 0 unspecified atom stereocenters. The first-order valence-corrected chi connectivity index (χ1v) is 3.93. The maximum Gasteiger partial charge on any atom is 0.195 e. The van der Waals surface area contributed by atoms with Gasteiger partial charge in [-0.05, 0) is 6.07 Å². The van der Waals surface area contributed by atoms with Gasteiger partial charge in [0, 0.05) is 13.0 Å². The topological polar surface area (TPSA) is 45.8 Å². The van der Waals surface area contributed by atoms with Crippen LogP contribution in [0, 0.1) is 11.6 Å². The van der Waals surface area contributed by atoms with Gasteiger partial charge in [-0.1, -0.05) is 0 Å². The van der Waals surface area contributed by atoms with E-state index in [1.807, 2.05) is 0 Å². The number of halogens is 2. The van der Waals surface area contributed by atoms with Crippen molar-refractivity contribution in [3.8, 4) is 0 Å². The van der Waals surface area contributed by atoms with Crippen LogP contribution in [0.1, 0.15) is 17.5 Å². The van der Waals surface area contributed by atoms with Gasteiger partial charge < -0.3 is 4.98 Å². The molecule has 14 heavy (non-hydrogen) atoms. The summed E-state index contributed by atoms with van der Waals surface area (Å²) in [7, 11) is 0. The number of nitrogens with zero attached hydrogens (tertiary/aromatic N) is 1. The minimum absolute atomic E-state index is 0.0170. The molecule has 2 rings (SSSR count). The monoisotopic (exact) mass is 196 g/mol. The fourth-order valence-electron chi connectivity index (χ4n) is 1.21. The summed E-state index contributed by atoms with van der Waals surface area (Å²) in [5, 5.41) is 0. The second-order valence-corrected chi connectivity index (χ2v) is 2.93. The van der Waals surface area contributed by atoms with E-state index < -0.39 is 11.6 Å². The minimum atomic E-state index is -0.774. The third-order valence-electron chi connectivity index (χ3n) is 1.84. The van der Waals surface area contributed by atoms with Crippen molar-refractivity contribution in [3.05, 3.63) is 29.6 Å². The molecule has 1 heterocycles. The number of aromatic nitrogens is 2. The summed E-state index contributed by atoms with van der Waals surface area (Å²) in [6.07, 6.45) is 0. The Balaban J connectivity index is 2.76. The van der Waals surface area contributed by atoms with Gasteiger partial charge in [0.1, 0.15) is 11.3 Å². The van der Waals surface area contributed by atoms with Gasteiger partial charge in [0.05, 0.1) is 5.52 Å². The molecule has 3 nitrogen and oxygen atoms in total. The number of ketones is 1. The maximum atomic E-state index is 13.1. The minimum Gasteiger partial charge on any atom is -0.335 e. The summed E-state index contributed by atoms with van der Waals surface area (Å²) in [6, 6.07) is 1.82. The van der Waals surface area contributed by atoms with Crippen molar-refractivity contribution in [1.29, 1.82) is 0 Å². The Kier molecular flexibility index (Phi) is 1.80. The van der Waals surface area contributed by atoms with Crippen LogP contribution < -0.4 is 0 Å². The van der Waals surface area contributed by atoms with Gasteiger partial charge in [-0.3, -0.25) is 4.79 Å². The number of fused-ring (bicyclic) bond motifs is 1. The zero-order valence-electron chi connectivity index (χ0n) is 7.27. The summed E-state index contributed by atoms with van der Waals surface area (Å²) in [4.78, 5) is 17.1. The molecular weight excluding hydrogens is 190 g/mol. The van der Waals surface area contributed by atoms with E-state index in [0.717, 1.165) is 12.1 Å². The van der Waals surface area contributed by atoms with Crippen molar-refractivity contribution in [2.75, 3.05) is 0 Å². The van der Waals surface area contributed by atoms with E-state index in [2.05, 4.69) is 9.97 Å². The number of hydrogen-bond donors (Lipinski definition) is 1. The number of aromatic amines is 1. The molecule has 0 amide bonds. The first-order valence-electron chi connectivity index (χ1n) is 3.93. The lowest BCUT2D eigenvalue weighted by Crippen LogP contribution is -1.93. The lowest BCUT2D eigenvalue weighted by Gasteiger charge is -1.90. The van der Waals surface area contributed by atoms with Gasteiger partial charge in [-0.2, -0.15) is 0 Å². The quantitative estimate of drug-likeness (QED) is 0.709. The Hall–Kier alpha value is -1.78.